The first kappa shape index (κ1) is 60.4. The second-order valence-corrected chi connectivity index (χ2v) is 44.3. The third kappa shape index (κ3) is 29.5. The highest BCUT2D eigenvalue weighted by molar-refractivity contribution is 8.78. The number of hydrogen-bond donors (Lipinski definition) is 3. The molecule has 29 heteroatoms. The van der Waals surface area contributed by atoms with E-state index in [1.54, 1.807) is 163 Å². The van der Waals surface area contributed by atoms with Gasteiger partial charge >= 0.3 is 5.97 Å². The van der Waals surface area contributed by atoms with E-state index in [0.717, 1.165) is 44.5 Å². The van der Waals surface area contributed by atoms with Crippen LogP contribution in [0.3, 0.4) is 0 Å². The number of rotatable bonds is 8. The molecular weight excluding hydrogens is 1160 g/mol. The lowest BCUT2D eigenvalue weighted by atomic mass is 9.83. The fraction of sp³-hybridized carbons (Fsp3) is 0.500. The van der Waals surface area contributed by atoms with Crippen LogP contribution in [0.1, 0.15) is 86.7 Å². The van der Waals surface area contributed by atoms with Gasteiger partial charge in [0, 0.05) is 207 Å². The number of nitrogens with zero attached hydrogens (tertiary/aromatic N) is 2. The number of benzene rings is 2. The van der Waals surface area contributed by atoms with Crippen LogP contribution in [0.4, 0.5) is 0 Å². The average Bonchev–Trinajstić information content (AvgIpc) is 3.29. The zero-order valence-corrected chi connectivity index (χ0v) is 48.5. The highest BCUT2D eigenvalue weighted by Crippen LogP contribution is 2.36. The molecule has 1 heterocycles. The Morgan fingerprint density at radius 3 is 1.20 bits per heavy atom. The highest BCUT2D eigenvalue weighted by atomic mass is 33.5. The Kier molecular flexibility index (Phi) is 41.8. The Hall–Kier alpha value is 1.35. The Labute approximate surface area is 410 Å². The van der Waals surface area contributed by atoms with Crippen LogP contribution in [0, 0.1) is 33.5 Å². The van der Waals surface area contributed by atoms with Crippen molar-refractivity contribution in [3.05, 3.63) is 70.8 Å². The normalized spacial score (nSPS) is 12.0. The van der Waals surface area contributed by atoms with E-state index in [4.69, 9.17) is 57.7 Å². The minimum Gasteiger partial charge on any atom is -0.478 e. The zero-order chi connectivity index (χ0) is 44.0. The number of aromatic carboxylic acids is 1. The quantitative estimate of drug-likeness (QED) is 0.315. The van der Waals surface area contributed by atoms with Gasteiger partial charge in [0.1, 0.15) is 0 Å². The van der Waals surface area contributed by atoms with Gasteiger partial charge in [-0.15, -0.1) is 0 Å². The molecule has 0 radical (unpaired) electrons. The van der Waals surface area contributed by atoms with Crippen LogP contribution in [0.25, 0.3) is 0 Å². The van der Waals surface area contributed by atoms with Gasteiger partial charge in [0.25, 0.3) is 0 Å². The van der Waals surface area contributed by atoms with Gasteiger partial charge in [-0.05, 0) is 62.1 Å². The topological polar surface area (TPSA) is 144 Å². The summed E-state index contributed by atoms with van der Waals surface area (Å²) in [6.07, 6.45) is 3.55. The van der Waals surface area contributed by atoms with Crippen LogP contribution < -0.4 is 0 Å². The third-order valence-corrected chi connectivity index (χ3v) is 47.8. The molecular formula is C30H40N2O6S21. The van der Waals surface area contributed by atoms with Crippen molar-refractivity contribution in [1.82, 2.24) is 0 Å². The number of carboxylic acid groups (broad SMARTS) is 1. The van der Waals surface area contributed by atoms with Gasteiger partial charge in [0.2, 0.25) is 0 Å². The molecule has 3 rings (SSSR count). The Morgan fingerprint density at radius 1 is 0.644 bits per heavy atom. The molecule has 0 atom stereocenters. The van der Waals surface area contributed by atoms with Gasteiger partial charge in [0.05, 0.1) is 55.3 Å². The predicted octanol–water partition coefficient (Wildman–Crippen LogP) is 5.39. The molecule has 0 spiro atoms. The highest BCUT2D eigenvalue weighted by Gasteiger charge is 2.34. The molecule has 0 bridgehead atoms. The monoisotopic (exact) mass is 1200 g/mol. The molecule has 332 valence electrons. The summed E-state index contributed by atoms with van der Waals surface area (Å²) >= 11 is 9.52. The van der Waals surface area contributed by atoms with E-state index in [1.165, 1.54) is 42.0 Å². The van der Waals surface area contributed by atoms with Crippen molar-refractivity contribution in [2.45, 2.75) is 59.7 Å². The van der Waals surface area contributed by atoms with Crippen LogP contribution in [0.15, 0.2) is 48.5 Å². The van der Waals surface area contributed by atoms with Crippen molar-refractivity contribution in [2.24, 2.45) is 10.8 Å². The average molecular weight is 1200 g/mol. The van der Waals surface area contributed by atoms with E-state index >= 15 is 0 Å². The van der Waals surface area contributed by atoms with Crippen molar-refractivity contribution in [3.8, 4) is 12.1 Å². The maximum atomic E-state index is 10.3. The van der Waals surface area contributed by atoms with Gasteiger partial charge in [-0.3, -0.25) is 0 Å². The zero-order valence-electron chi connectivity index (χ0n) is 31.4. The summed E-state index contributed by atoms with van der Waals surface area (Å²) < 4.78 is 11.7. The molecule has 59 heavy (non-hydrogen) atoms. The summed E-state index contributed by atoms with van der Waals surface area (Å²) in [5.41, 5.74) is 2.25. The van der Waals surface area contributed by atoms with E-state index in [0.29, 0.717) is 11.1 Å². The summed E-state index contributed by atoms with van der Waals surface area (Å²) in [7, 11) is 32.6. The van der Waals surface area contributed by atoms with Crippen molar-refractivity contribution < 1.29 is 29.6 Å². The van der Waals surface area contributed by atoms with Crippen LogP contribution >= 0.6 is 0 Å². The van der Waals surface area contributed by atoms with Crippen LogP contribution in [-0.2, 0) is 201 Å². The number of hydrogen-bond acceptors (Lipinski definition) is 9. The number of aliphatic hydroxyl groups is 2. The predicted molar refractivity (Wildman–Crippen MR) is 299 cm³/mol. The smallest absolute Gasteiger partial charge is 0.335 e. The first-order chi connectivity index (χ1) is 28.6. The molecule has 3 N–H and O–H groups in total. The van der Waals surface area contributed by atoms with Crippen molar-refractivity contribution in [3.63, 3.8) is 0 Å². The Morgan fingerprint density at radius 2 is 0.966 bits per heavy atom. The largest absolute Gasteiger partial charge is 0.478 e. The van der Waals surface area contributed by atoms with Crippen LogP contribution in [0.2, 0.25) is 0 Å². The van der Waals surface area contributed by atoms with Crippen LogP contribution in [-0.4, -0.2) is 47.7 Å². The molecule has 0 aliphatic carbocycles. The summed E-state index contributed by atoms with van der Waals surface area (Å²) in [6, 6.07) is 17.1. The lowest BCUT2D eigenvalue weighted by Gasteiger charge is -2.39. The van der Waals surface area contributed by atoms with E-state index < -0.39 is 5.97 Å². The molecule has 1 saturated heterocycles. The van der Waals surface area contributed by atoms with E-state index in [1.807, 2.05) is 32.0 Å². The van der Waals surface area contributed by atoms with Gasteiger partial charge in [-0.1, -0.05) is 39.8 Å². The van der Waals surface area contributed by atoms with Crippen molar-refractivity contribution >= 4 is 197 Å². The summed E-state index contributed by atoms with van der Waals surface area (Å²) in [6.45, 7) is 9.99. The van der Waals surface area contributed by atoms with E-state index in [9.17, 15) is 4.79 Å². The molecule has 8 nitrogen and oxygen atoms in total. The number of ether oxygens (including phenoxy) is 2. The number of nitriles is 2. The van der Waals surface area contributed by atoms with E-state index in [-0.39, 0.29) is 35.9 Å². The molecule has 0 unspecified atom stereocenters. The Balaban J connectivity index is 0.000000800. The molecule has 0 amide bonds. The van der Waals surface area contributed by atoms with Crippen molar-refractivity contribution in [2.75, 3.05) is 26.4 Å². The molecule has 1 fully saturated rings. The van der Waals surface area contributed by atoms with Crippen molar-refractivity contribution in [1.29, 1.82) is 10.5 Å². The minimum atomic E-state index is -0.977. The molecule has 0 saturated carbocycles. The number of carboxylic acids is 1. The first-order valence-electron chi connectivity index (χ1n) is 16.2. The number of carbonyl (C=O) groups is 1. The van der Waals surface area contributed by atoms with E-state index in [2.05, 4.69) is 19.9 Å². The molecule has 1 aliphatic rings. The number of aliphatic hydroxyl groups excluding tert-OH is 2. The standard InChI is InChI=1S/C15H19NO2.C8H5NO2.C7H16O2.S21/c1-3-15(4-2)10-17-14(18-11-15)13-7-5-12(9-16)6-8-13;9-5-6-1-3-7(4-2-6)8(10)11;1-3-7(4-2,5-8)6-9;1-3-5-7-9-11-13-15-17-19-21-20-18-16-14-12-10-8-6-4-2/h5-8,14H,3-4,10-11H2,1-2H3;1-4H,(H,10,11);8-9H,3-6H2,1-2H3;. The lowest BCUT2D eigenvalue weighted by Crippen LogP contribution is -2.37. The summed E-state index contributed by atoms with van der Waals surface area (Å²) in [5.74, 6) is -0.977. The second kappa shape index (κ2) is 40.8. The molecule has 1 aliphatic heterocycles. The Bertz CT molecular complexity index is 2460. The fourth-order valence-corrected chi connectivity index (χ4v) is 50.4. The van der Waals surface area contributed by atoms with Gasteiger partial charge in [-0.2, -0.15) is 10.5 Å². The van der Waals surface area contributed by atoms with Crippen LogP contribution in [0.5, 0.6) is 0 Å². The van der Waals surface area contributed by atoms with Gasteiger partial charge < -0.3 is 24.8 Å². The fourth-order valence-electron chi connectivity index (χ4n) is 3.79. The molecule has 2 aromatic rings. The summed E-state index contributed by atoms with van der Waals surface area (Å²) in [4.78, 5) is 10.3. The maximum absolute atomic E-state index is 10.3. The summed E-state index contributed by atoms with van der Waals surface area (Å²) in [5, 5.41) is 43.2. The lowest BCUT2D eigenvalue weighted by molar-refractivity contribution is -0.235. The third-order valence-electron chi connectivity index (χ3n) is 7.83. The van der Waals surface area contributed by atoms with Gasteiger partial charge in [-0.25, -0.2) is 4.79 Å². The van der Waals surface area contributed by atoms with Gasteiger partial charge in [0.15, 0.2) is 6.29 Å². The molecule has 2 aromatic carbocycles. The first-order valence-corrected chi connectivity index (χ1v) is 42.9. The SMILES string of the molecule is CCC(CC)(CO)CO.CCC1(CC)COC(c2ccc(C#N)cc2)OC1.N#Cc1ccc(C(=O)O)cc1.S=S=S=S=S=S=S=S=S=S=S=S=S=S=S=S=S=S=S=S=S. The second-order valence-electron chi connectivity index (χ2n) is 10.7. The molecule has 0 aromatic heterocycles. The maximum Gasteiger partial charge on any atom is 0.335 e. The minimum absolute atomic E-state index is 0.0938.